The van der Waals surface area contributed by atoms with Crippen LogP contribution in [0.2, 0.25) is 0 Å². The van der Waals surface area contributed by atoms with Crippen LogP contribution in [0, 0.1) is 0 Å². The number of carbonyl (C=O) groups excluding carboxylic acids is 5. The molecule has 2 rings (SSSR count). The first-order valence-corrected chi connectivity index (χ1v) is 11.7. The van der Waals surface area contributed by atoms with Crippen molar-refractivity contribution in [2.75, 3.05) is 12.3 Å². The molecule has 0 bridgehead atoms. The number of benzene rings is 1. The Morgan fingerprint density at radius 2 is 1.67 bits per heavy atom. The number of rotatable bonds is 7. The Balaban J connectivity index is 2.39. The van der Waals surface area contributed by atoms with Gasteiger partial charge in [-0.3, -0.25) is 24.0 Å². The number of unbranched alkanes of at least 4 members (excludes halogenated alkanes) is 1. The maximum atomic E-state index is 12.9. The van der Waals surface area contributed by atoms with Crippen molar-refractivity contribution in [3.05, 3.63) is 35.4 Å². The second-order valence-corrected chi connectivity index (χ2v) is 8.71. The van der Waals surface area contributed by atoms with Crippen molar-refractivity contribution in [3.63, 3.8) is 0 Å². The molecule has 9 N–H and O–H groups in total. The van der Waals surface area contributed by atoms with Crippen molar-refractivity contribution in [2.45, 2.75) is 49.6 Å². The zero-order chi connectivity index (χ0) is 24.4. The number of fused-ring (bicyclic) bond motifs is 1. The van der Waals surface area contributed by atoms with Gasteiger partial charge >= 0.3 is 0 Å². The van der Waals surface area contributed by atoms with Crippen LogP contribution in [0.5, 0.6) is 0 Å². The van der Waals surface area contributed by atoms with Crippen molar-refractivity contribution >= 4 is 41.3 Å². The third kappa shape index (κ3) is 8.06. The van der Waals surface area contributed by atoms with Gasteiger partial charge in [-0.25, -0.2) is 0 Å². The van der Waals surface area contributed by atoms with Gasteiger partial charge in [0.2, 0.25) is 23.6 Å². The molecule has 0 saturated heterocycles. The van der Waals surface area contributed by atoms with Gasteiger partial charge in [0.15, 0.2) is 0 Å². The normalized spacial score (nSPS) is 22.2. The van der Waals surface area contributed by atoms with Crippen LogP contribution < -0.4 is 33.2 Å². The fraction of sp³-hybridized carbons (Fsp3) is 0.476. The Morgan fingerprint density at radius 3 is 2.33 bits per heavy atom. The second kappa shape index (κ2) is 12.8. The van der Waals surface area contributed by atoms with Crippen LogP contribution >= 0.6 is 11.8 Å². The number of carbonyl (C=O) groups is 5. The lowest BCUT2D eigenvalue weighted by molar-refractivity contribution is -0.132. The summed E-state index contributed by atoms with van der Waals surface area (Å²) in [5, 5.41) is 7.71. The molecule has 0 aliphatic carbocycles. The zero-order valence-electron chi connectivity index (χ0n) is 18.2. The van der Waals surface area contributed by atoms with Gasteiger partial charge in [0, 0.05) is 17.1 Å². The first-order chi connectivity index (χ1) is 15.7. The standard InChI is InChI=1S/C21H30N6O5S/c22-8-4-3-7-14-20(31)27-16(18(24)29)11-33-10-12-5-1-2-6-13(12)19(30)26-15(9-17(23)28)21(32)25-14/h1-2,5-6,14-16H,3-4,7-11,22H2,(H2,23,28)(H2,24,29)(H,25,32)(H,26,30)(H,27,31)/t14-,15?,16-/m0/s1. The molecule has 3 atom stereocenters. The van der Waals surface area contributed by atoms with E-state index < -0.39 is 54.1 Å². The summed E-state index contributed by atoms with van der Waals surface area (Å²) in [6, 6.07) is 3.50. The number of nitrogens with two attached hydrogens (primary N) is 3. The van der Waals surface area contributed by atoms with Crippen LogP contribution in [0.1, 0.15) is 41.6 Å². The molecule has 180 valence electrons. The summed E-state index contributed by atoms with van der Waals surface area (Å²) in [7, 11) is 0. The molecule has 5 amide bonds. The Morgan fingerprint density at radius 1 is 0.970 bits per heavy atom. The molecule has 1 aromatic carbocycles. The summed E-state index contributed by atoms with van der Waals surface area (Å²) in [5.41, 5.74) is 17.2. The third-order valence-corrected chi connectivity index (χ3v) is 6.16. The Kier molecular flexibility index (Phi) is 10.1. The Bertz CT molecular complexity index is 896. The number of nitrogens with one attached hydrogen (secondary N) is 3. The molecule has 1 aromatic rings. The van der Waals surface area contributed by atoms with Gasteiger partial charge in [0.05, 0.1) is 6.42 Å². The van der Waals surface area contributed by atoms with Crippen LogP contribution in [-0.4, -0.2) is 60.0 Å². The van der Waals surface area contributed by atoms with E-state index in [-0.39, 0.29) is 12.2 Å². The van der Waals surface area contributed by atoms with E-state index in [1.54, 1.807) is 24.3 Å². The zero-order valence-corrected chi connectivity index (χ0v) is 19.0. The quantitative estimate of drug-likeness (QED) is 0.256. The monoisotopic (exact) mass is 478 g/mol. The van der Waals surface area contributed by atoms with E-state index in [1.807, 2.05) is 0 Å². The summed E-state index contributed by atoms with van der Waals surface area (Å²) < 4.78 is 0. The molecule has 11 nitrogen and oxygen atoms in total. The van der Waals surface area contributed by atoms with E-state index in [2.05, 4.69) is 16.0 Å². The molecule has 0 saturated carbocycles. The van der Waals surface area contributed by atoms with Gasteiger partial charge in [-0.1, -0.05) is 18.2 Å². The number of thioether (sulfide) groups is 1. The lowest BCUT2D eigenvalue weighted by atomic mass is 10.0. The van der Waals surface area contributed by atoms with Crippen molar-refractivity contribution in [1.29, 1.82) is 0 Å². The fourth-order valence-electron chi connectivity index (χ4n) is 3.30. The Hall–Kier alpha value is -3.12. The minimum Gasteiger partial charge on any atom is -0.370 e. The molecule has 0 fully saturated rings. The molecule has 1 aliphatic heterocycles. The van der Waals surface area contributed by atoms with E-state index in [9.17, 15) is 24.0 Å². The van der Waals surface area contributed by atoms with Gasteiger partial charge in [-0.2, -0.15) is 11.8 Å². The highest BCUT2D eigenvalue weighted by Crippen LogP contribution is 2.18. The third-order valence-electron chi connectivity index (χ3n) is 5.07. The highest BCUT2D eigenvalue weighted by molar-refractivity contribution is 7.98. The van der Waals surface area contributed by atoms with Crippen molar-refractivity contribution < 1.29 is 24.0 Å². The lowest BCUT2D eigenvalue weighted by Crippen LogP contribution is -2.57. The van der Waals surface area contributed by atoms with E-state index in [1.165, 1.54) is 11.8 Å². The number of hydrogen-bond donors (Lipinski definition) is 6. The fourth-order valence-corrected chi connectivity index (χ4v) is 4.37. The molecule has 33 heavy (non-hydrogen) atoms. The molecule has 0 radical (unpaired) electrons. The first-order valence-electron chi connectivity index (χ1n) is 10.6. The molecule has 1 heterocycles. The van der Waals surface area contributed by atoms with Gasteiger partial charge in [-0.05, 0) is 37.4 Å². The van der Waals surface area contributed by atoms with Crippen LogP contribution in [-0.2, 0) is 24.9 Å². The first kappa shape index (κ1) is 26.1. The van der Waals surface area contributed by atoms with Gasteiger partial charge < -0.3 is 33.2 Å². The molecule has 1 unspecified atom stereocenters. The Labute approximate surface area is 195 Å². The molecular formula is C21H30N6O5S. The van der Waals surface area contributed by atoms with E-state index in [0.29, 0.717) is 36.3 Å². The average Bonchev–Trinajstić information content (AvgIpc) is 2.76. The maximum Gasteiger partial charge on any atom is 0.252 e. The number of primary amides is 2. The predicted octanol–water partition coefficient (Wildman–Crippen LogP) is -1.51. The van der Waals surface area contributed by atoms with Gasteiger partial charge in [-0.15, -0.1) is 0 Å². The largest absolute Gasteiger partial charge is 0.370 e. The van der Waals surface area contributed by atoms with Crippen LogP contribution in [0.25, 0.3) is 0 Å². The average molecular weight is 479 g/mol. The topological polar surface area (TPSA) is 200 Å². The van der Waals surface area contributed by atoms with E-state index >= 15 is 0 Å². The second-order valence-electron chi connectivity index (χ2n) is 7.68. The van der Waals surface area contributed by atoms with Gasteiger partial charge in [0.25, 0.3) is 5.91 Å². The summed E-state index contributed by atoms with van der Waals surface area (Å²) in [5.74, 6) is -2.85. The molecule has 12 heteroatoms. The predicted molar refractivity (Wildman–Crippen MR) is 124 cm³/mol. The van der Waals surface area contributed by atoms with Crippen molar-refractivity contribution in [1.82, 2.24) is 16.0 Å². The summed E-state index contributed by atoms with van der Waals surface area (Å²) >= 11 is 1.32. The van der Waals surface area contributed by atoms with Crippen LogP contribution in [0.3, 0.4) is 0 Å². The molecular weight excluding hydrogens is 448 g/mol. The minimum absolute atomic E-state index is 0.185. The summed E-state index contributed by atoms with van der Waals surface area (Å²) in [4.78, 5) is 62.2. The molecule has 1 aliphatic rings. The van der Waals surface area contributed by atoms with E-state index in [4.69, 9.17) is 17.2 Å². The highest BCUT2D eigenvalue weighted by atomic mass is 32.2. The van der Waals surface area contributed by atoms with Crippen molar-refractivity contribution in [2.24, 2.45) is 17.2 Å². The molecule has 0 aromatic heterocycles. The SMILES string of the molecule is NCCCC[C@@H]1NC(=O)C(CC(N)=O)NC(=O)c2ccccc2CSC[C@@H](C(N)=O)NC1=O. The summed E-state index contributed by atoms with van der Waals surface area (Å²) in [6.45, 7) is 0.405. The smallest absolute Gasteiger partial charge is 0.252 e. The van der Waals surface area contributed by atoms with Crippen LogP contribution in [0.15, 0.2) is 24.3 Å². The number of hydrogen-bond acceptors (Lipinski definition) is 7. The summed E-state index contributed by atoms with van der Waals surface area (Å²) in [6.07, 6.45) is 0.946. The lowest BCUT2D eigenvalue weighted by Gasteiger charge is -2.25. The van der Waals surface area contributed by atoms with Crippen molar-refractivity contribution in [3.8, 4) is 0 Å². The highest BCUT2D eigenvalue weighted by Gasteiger charge is 2.30. The van der Waals surface area contributed by atoms with Gasteiger partial charge in [0.1, 0.15) is 18.1 Å². The number of amides is 5. The molecule has 0 spiro atoms. The van der Waals surface area contributed by atoms with Crippen LogP contribution in [0.4, 0.5) is 0 Å². The van der Waals surface area contributed by atoms with E-state index in [0.717, 1.165) is 0 Å². The minimum atomic E-state index is -1.28. The maximum absolute atomic E-state index is 12.9.